The van der Waals surface area contributed by atoms with Gasteiger partial charge in [0.1, 0.15) is 0 Å². The largest absolute Gasteiger partial charge is 0.396 e. The Morgan fingerprint density at radius 3 is 3.00 bits per heavy atom. The van der Waals surface area contributed by atoms with Crippen LogP contribution < -0.4 is 5.73 Å². The van der Waals surface area contributed by atoms with Gasteiger partial charge in [0, 0.05) is 25.6 Å². The van der Waals surface area contributed by atoms with Crippen LogP contribution in [0, 0.1) is 5.92 Å². The summed E-state index contributed by atoms with van der Waals surface area (Å²) in [6, 6.07) is 0.455. The van der Waals surface area contributed by atoms with E-state index in [0.717, 1.165) is 25.9 Å². The van der Waals surface area contributed by atoms with Gasteiger partial charge in [0.2, 0.25) is 0 Å². The van der Waals surface area contributed by atoms with Crippen LogP contribution in [-0.2, 0) is 0 Å². The van der Waals surface area contributed by atoms with Gasteiger partial charge >= 0.3 is 0 Å². The molecule has 3 nitrogen and oxygen atoms in total. The Labute approximate surface area is 91.3 Å². The molecule has 1 saturated heterocycles. The van der Waals surface area contributed by atoms with Gasteiger partial charge in [0.25, 0.3) is 0 Å². The predicted molar refractivity (Wildman–Crippen MR) is 62.2 cm³/mol. The zero-order chi connectivity index (χ0) is 10.6. The van der Waals surface area contributed by atoms with E-state index in [9.17, 15) is 0 Å². The summed E-state index contributed by atoms with van der Waals surface area (Å²) in [4.78, 5) is 3.02. The Hall–Kier alpha value is -0.190. The molecule has 14 heavy (non-hydrogen) atoms. The van der Waals surface area contributed by atoms with Gasteiger partial charge in [-0.3, -0.25) is 4.90 Å². The predicted octanol–water partition coefficient (Wildman–Crippen LogP) is 0.755. The van der Waals surface area contributed by atoms with Crippen LogP contribution in [-0.4, -0.2) is 40.7 Å². The van der Waals surface area contributed by atoms with Crippen molar-refractivity contribution in [3.8, 4) is 0 Å². The fourth-order valence-corrected chi connectivity index (χ4v) is 2.34. The minimum Gasteiger partial charge on any atom is -0.396 e. The summed E-state index contributed by atoms with van der Waals surface area (Å²) in [5, 5.41) is 8.84. The Balaban J connectivity index is 2.30. The van der Waals surface area contributed by atoms with Crippen molar-refractivity contribution < 1.29 is 5.11 Å². The molecule has 3 N–H and O–H groups in total. The maximum Gasteiger partial charge on any atom is 0.0742 e. The lowest BCUT2D eigenvalue weighted by molar-refractivity contribution is 0.230. The molecule has 0 aromatic rings. The van der Waals surface area contributed by atoms with Crippen molar-refractivity contribution >= 4 is 17.2 Å². The summed E-state index contributed by atoms with van der Waals surface area (Å²) in [5.74, 6) is 0.661. The SMILES string of the molecule is CC(CC(N)=S)N1CCC(CCO)C1. The molecule has 1 rings (SSSR count). The van der Waals surface area contributed by atoms with Gasteiger partial charge < -0.3 is 10.8 Å². The second-order valence-corrected chi connectivity index (χ2v) is 4.71. The first-order valence-electron chi connectivity index (χ1n) is 5.26. The zero-order valence-corrected chi connectivity index (χ0v) is 9.59. The molecule has 1 aliphatic rings. The highest BCUT2D eigenvalue weighted by Gasteiger charge is 2.25. The number of thiocarbonyl (C=S) groups is 1. The van der Waals surface area contributed by atoms with Crippen LogP contribution in [0.15, 0.2) is 0 Å². The molecule has 4 heteroatoms. The van der Waals surface area contributed by atoms with Gasteiger partial charge in [0.15, 0.2) is 0 Å². The van der Waals surface area contributed by atoms with Gasteiger partial charge in [-0.2, -0.15) is 0 Å². The Kier molecular flexibility index (Phi) is 4.78. The Morgan fingerprint density at radius 1 is 1.71 bits per heavy atom. The van der Waals surface area contributed by atoms with Crippen LogP contribution >= 0.6 is 12.2 Å². The second-order valence-electron chi connectivity index (χ2n) is 4.18. The van der Waals surface area contributed by atoms with Crippen LogP contribution in [0.25, 0.3) is 0 Å². The maximum atomic E-state index is 8.84. The molecule has 0 bridgehead atoms. The Bertz CT molecular complexity index is 199. The van der Waals surface area contributed by atoms with E-state index < -0.39 is 0 Å². The van der Waals surface area contributed by atoms with Crippen molar-refractivity contribution in [3.63, 3.8) is 0 Å². The molecule has 0 aromatic carbocycles. The van der Waals surface area contributed by atoms with Crippen LogP contribution in [0.2, 0.25) is 0 Å². The quantitative estimate of drug-likeness (QED) is 0.666. The molecular weight excluding hydrogens is 196 g/mol. The molecule has 0 aliphatic carbocycles. The second kappa shape index (κ2) is 5.63. The lowest BCUT2D eigenvalue weighted by atomic mass is 10.1. The van der Waals surface area contributed by atoms with Crippen molar-refractivity contribution in [3.05, 3.63) is 0 Å². The fraction of sp³-hybridized carbons (Fsp3) is 0.900. The number of nitrogens with two attached hydrogens (primary N) is 1. The number of aliphatic hydroxyl groups is 1. The van der Waals surface area contributed by atoms with E-state index >= 15 is 0 Å². The molecule has 0 aromatic heterocycles. The summed E-state index contributed by atoms with van der Waals surface area (Å²) in [6.07, 6.45) is 2.93. The van der Waals surface area contributed by atoms with Gasteiger partial charge in [-0.05, 0) is 32.2 Å². The fourth-order valence-electron chi connectivity index (χ4n) is 2.10. The van der Waals surface area contributed by atoms with Crippen LogP contribution in [0.3, 0.4) is 0 Å². The number of hydrogen-bond acceptors (Lipinski definition) is 3. The number of aliphatic hydroxyl groups excluding tert-OH is 1. The van der Waals surface area contributed by atoms with Crippen molar-refractivity contribution in [2.45, 2.75) is 32.2 Å². The molecule has 0 radical (unpaired) electrons. The molecule has 0 amide bonds. The normalized spacial score (nSPS) is 25.1. The summed E-state index contributed by atoms with van der Waals surface area (Å²) >= 11 is 4.90. The minimum atomic E-state index is 0.308. The van der Waals surface area contributed by atoms with E-state index in [1.165, 1.54) is 6.42 Å². The molecular formula is C10H20N2OS. The van der Waals surface area contributed by atoms with Crippen molar-refractivity contribution in [1.82, 2.24) is 4.90 Å². The topological polar surface area (TPSA) is 49.5 Å². The molecule has 0 spiro atoms. The average molecular weight is 216 g/mol. The van der Waals surface area contributed by atoms with Crippen molar-refractivity contribution in [2.24, 2.45) is 11.7 Å². The average Bonchev–Trinajstić information content (AvgIpc) is 2.52. The minimum absolute atomic E-state index is 0.308. The third-order valence-electron chi connectivity index (χ3n) is 2.97. The molecule has 2 atom stereocenters. The lowest BCUT2D eigenvalue weighted by Gasteiger charge is -2.23. The number of hydrogen-bond donors (Lipinski definition) is 2. The summed E-state index contributed by atoms with van der Waals surface area (Å²) in [7, 11) is 0. The van der Waals surface area contributed by atoms with Gasteiger partial charge in [-0.1, -0.05) is 12.2 Å². The highest BCUT2D eigenvalue weighted by atomic mass is 32.1. The first-order chi connectivity index (χ1) is 6.63. The maximum absolute atomic E-state index is 8.84. The summed E-state index contributed by atoms with van der Waals surface area (Å²) in [5.41, 5.74) is 5.52. The number of nitrogens with zero attached hydrogens (tertiary/aromatic N) is 1. The van der Waals surface area contributed by atoms with Gasteiger partial charge in [-0.15, -0.1) is 0 Å². The van der Waals surface area contributed by atoms with E-state index in [1.807, 2.05) is 0 Å². The molecule has 2 unspecified atom stereocenters. The third kappa shape index (κ3) is 3.52. The lowest BCUT2D eigenvalue weighted by Crippen LogP contribution is -2.34. The first kappa shape index (κ1) is 11.9. The van der Waals surface area contributed by atoms with Gasteiger partial charge in [-0.25, -0.2) is 0 Å². The van der Waals surface area contributed by atoms with Crippen LogP contribution in [0.4, 0.5) is 0 Å². The van der Waals surface area contributed by atoms with Gasteiger partial charge in [0.05, 0.1) is 4.99 Å². The molecule has 1 heterocycles. The van der Waals surface area contributed by atoms with E-state index in [1.54, 1.807) is 0 Å². The summed E-state index contributed by atoms with van der Waals surface area (Å²) in [6.45, 7) is 4.68. The van der Waals surface area contributed by atoms with Crippen LogP contribution in [0.1, 0.15) is 26.2 Å². The number of rotatable bonds is 5. The molecule has 1 aliphatic heterocycles. The smallest absolute Gasteiger partial charge is 0.0742 e. The highest BCUT2D eigenvalue weighted by molar-refractivity contribution is 7.80. The first-order valence-corrected chi connectivity index (χ1v) is 5.67. The van der Waals surface area contributed by atoms with Crippen molar-refractivity contribution in [1.29, 1.82) is 0 Å². The van der Waals surface area contributed by atoms with Crippen LogP contribution in [0.5, 0.6) is 0 Å². The monoisotopic (exact) mass is 216 g/mol. The third-order valence-corrected chi connectivity index (χ3v) is 3.14. The number of likely N-dealkylation sites (tertiary alicyclic amines) is 1. The van der Waals surface area contributed by atoms with E-state index in [2.05, 4.69) is 11.8 Å². The molecule has 0 saturated carbocycles. The summed E-state index contributed by atoms with van der Waals surface area (Å²) < 4.78 is 0. The van der Waals surface area contributed by atoms with E-state index in [-0.39, 0.29) is 0 Å². The van der Waals surface area contributed by atoms with E-state index in [0.29, 0.717) is 23.6 Å². The molecule has 82 valence electrons. The van der Waals surface area contributed by atoms with E-state index in [4.69, 9.17) is 23.1 Å². The highest BCUT2D eigenvalue weighted by Crippen LogP contribution is 2.22. The standard InChI is InChI=1S/C10H20N2OS/c1-8(6-10(11)14)12-4-2-9(7-12)3-5-13/h8-9,13H,2-7H2,1H3,(H2,11,14). The molecule has 1 fully saturated rings. The Morgan fingerprint density at radius 2 is 2.43 bits per heavy atom. The zero-order valence-electron chi connectivity index (χ0n) is 8.78. The van der Waals surface area contributed by atoms with Crippen molar-refractivity contribution in [2.75, 3.05) is 19.7 Å².